The Kier molecular flexibility index (Phi) is 4.92. The van der Waals surface area contributed by atoms with Gasteiger partial charge in [0.25, 0.3) is 10.0 Å². The van der Waals surface area contributed by atoms with Gasteiger partial charge in [0.2, 0.25) is 0 Å². The van der Waals surface area contributed by atoms with E-state index in [1.54, 1.807) is 24.3 Å². The van der Waals surface area contributed by atoms with Crippen LogP contribution in [-0.2, 0) is 16.4 Å². The fraction of sp³-hybridized carbons (Fsp3) is 0.0500. The number of hydrogen-bond acceptors (Lipinski definition) is 3. The largest absolute Gasteiger partial charge is 0.270 e. The average Bonchev–Trinajstić information content (AvgIpc) is 3.03. The predicted molar refractivity (Wildman–Crippen MR) is 113 cm³/mol. The summed E-state index contributed by atoms with van der Waals surface area (Å²) in [6.45, 7) is 0. The summed E-state index contributed by atoms with van der Waals surface area (Å²) < 4.78 is 29.7. The van der Waals surface area contributed by atoms with Gasteiger partial charge >= 0.3 is 0 Å². The summed E-state index contributed by atoms with van der Waals surface area (Å²) in [4.78, 5) is 4.80. The monoisotopic (exact) mass is 504 g/mol. The first-order valence-corrected chi connectivity index (χ1v) is 11.2. The molecule has 0 aliphatic heterocycles. The van der Waals surface area contributed by atoms with Crippen molar-refractivity contribution in [2.45, 2.75) is 11.3 Å². The molecule has 4 nitrogen and oxygen atoms in total. The summed E-state index contributed by atoms with van der Waals surface area (Å²) in [5.41, 5.74) is 2.21. The lowest BCUT2D eigenvalue weighted by molar-refractivity contribution is 0.586. The van der Waals surface area contributed by atoms with E-state index in [0.29, 0.717) is 32.2 Å². The molecule has 0 radical (unpaired) electrons. The minimum atomic E-state index is -3.85. The number of aromatic nitrogens is 2. The molecule has 0 unspecified atom stereocenters. The van der Waals surface area contributed by atoms with Crippen LogP contribution in [0.5, 0.6) is 0 Å². The highest BCUT2D eigenvalue weighted by Gasteiger charge is 2.26. The van der Waals surface area contributed by atoms with E-state index in [1.165, 1.54) is 3.97 Å². The molecule has 27 heavy (non-hydrogen) atoms. The van der Waals surface area contributed by atoms with Crippen molar-refractivity contribution in [2.75, 3.05) is 0 Å². The van der Waals surface area contributed by atoms with Crippen LogP contribution in [0.4, 0.5) is 0 Å². The van der Waals surface area contributed by atoms with Gasteiger partial charge in [-0.2, -0.15) is 0 Å². The number of imidazole rings is 1. The minimum absolute atomic E-state index is 0.189. The maximum absolute atomic E-state index is 13.6. The Balaban J connectivity index is 1.97. The number of benzene rings is 3. The maximum Gasteiger partial charge on any atom is 0.270 e. The van der Waals surface area contributed by atoms with Gasteiger partial charge in [-0.1, -0.05) is 58.4 Å². The van der Waals surface area contributed by atoms with Crippen LogP contribution < -0.4 is 0 Å². The van der Waals surface area contributed by atoms with Crippen molar-refractivity contribution in [3.63, 3.8) is 0 Å². The zero-order chi connectivity index (χ0) is 19.0. The van der Waals surface area contributed by atoms with E-state index in [0.717, 1.165) is 5.56 Å². The molecule has 0 saturated heterocycles. The van der Waals surface area contributed by atoms with Gasteiger partial charge in [0.1, 0.15) is 10.7 Å². The predicted octanol–water partition coefficient (Wildman–Crippen LogP) is 5.39. The Labute approximate surface area is 174 Å². The fourth-order valence-electron chi connectivity index (χ4n) is 2.99. The third kappa shape index (κ3) is 3.47. The summed E-state index contributed by atoms with van der Waals surface area (Å²) >= 11 is 6.74. The number of fused-ring (bicyclic) bond motifs is 1. The molecule has 4 aromatic rings. The first-order valence-electron chi connectivity index (χ1n) is 8.18. The quantitative estimate of drug-likeness (QED) is 0.373. The molecular weight excluding hydrogens is 492 g/mol. The molecule has 4 rings (SSSR count). The molecule has 3 aromatic carbocycles. The highest BCUT2D eigenvalue weighted by atomic mass is 79.9. The van der Waals surface area contributed by atoms with E-state index >= 15 is 0 Å². The Hall–Kier alpha value is -1.96. The van der Waals surface area contributed by atoms with Gasteiger partial charge in [0.05, 0.1) is 11.0 Å². The third-order valence-electron chi connectivity index (χ3n) is 4.20. The van der Waals surface area contributed by atoms with Crippen molar-refractivity contribution >= 4 is 52.9 Å². The van der Waals surface area contributed by atoms with Crippen LogP contribution >= 0.6 is 31.9 Å². The molecule has 0 N–H and O–H groups in total. The first kappa shape index (κ1) is 18.4. The second-order valence-corrected chi connectivity index (χ2v) is 9.55. The van der Waals surface area contributed by atoms with E-state index in [1.807, 2.05) is 48.5 Å². The lowest BCUT2D eigenvalue weighted by atomic mass is 10.1. The van der Waals surface area contributed by atoms with Gasteiger partial charge < -0.3 is 0 Å². The molecule has 0 spiro atoms. The molecule has 7 heteroatoms. The average molecular weight is 506 g/mol. The zero-order valence-electron chi connectivity index (χ0n) is 14.0. The number of nitrogens with zero attached hydrogens (tertiary/aromatic N) is 2. The van der Waals surface area contributed by atoms with Crippen molar-refractivity contribution in [1.29, 1.82) is 0 Å². The Morgan fingerprint density at radius 3 is 2.37 bits per heavy atom. The molecule has 0 aliphatic carbocycles. The normalized spacial score (nSPS) is 11.8. The second-order valence-electron chi connectivity index (χ2n) is 6.02. The molecule has 0 saturated carbocycles. The number of rotatable bonds is 4. The summed E-state index contributed by atoms with van der Waals surface area (Å²) in [7, 11) is -3.85. The van der Waals surface area contributed by atoms with Crippen LogP contribution in [0.3, 0.4) is 0 Å². The summed E-state index contributed by atoms with van der Waals surface area (Å²) in [5.74, 6) is 0.481. The molecule has 1 aromatic heterocycles. The molecule has 136 valence electrons. The van der Waals surface area contributed by atoms with Crippen molar-refractivity contribution < 1.29 is 8.42 Å². The highest BCUT2D eigenvalue weighted by molar-refractivity contribution is 9.11. The SMILES string of the molecule is O=S(=O)(c1cc(Br)ccc1Br)n1c(Cc2ccccc2)nc2ccccc21. The molecule has 1 heterocycles. The Morgan fingerprint density at radius 1 is 0.889 bits per heavy atom. The van der Waals surface area contributed by atoms with Crippen molar-refractivity contribution in [3.05, 3.63) is 93.1 Å². The van der Waals surface area contributed by atoms with Crippen LogP contribution in [0, 0.1) is 0 Å². The van der Waals surface area contributed by atoms with Gasteiger partial charge in [-0.05, 0) is 51.8 Å². The van der Waals surface area contributed by atoms with E-state index in [4.69, 9.17) is 0 Å². The van der Waals surface area contributed by atoms with Gasteiger partial charge in [-0.25, -0.2) is 17.4 Å². The molecule has 0 fully saturated rings. The van der Waals surface area contributed by atoms with Gasteiger partial charge in [-0.15, -0.1) is 0 Å². The van der Waals surface area contributed by atoms with Gasteiger partial charge in [0, 0.05) is 15.4 Å². The molecule has 0 aliphatic rings. The first-order chi connectivity index (χ1) is 13.0. The van der Waals surface area contributed by atoms with Crippen LogP contribution in [0.15, 0.2) is 86.6 Å². The van der Waals surface area contributed by atoms with Gasteiger partial charge in [-0.3, -0.25) is 0 Å². The molecule has 0 bridgehead atoms. The Morgan fingerprint density at radius 2 is 1.59 bits per heavy atom. The van der Waals surface area contributed by atoms with Crippen LogP contribution in [-0.4, -0.2) is 17.4 Å². The summed E-state index contributed by atoms with van der Waals surface area (Å²) in [5, 5.41) is 0. The van der Waals surface area contributed by atoms with E-state index in [2.05, 4.69) is 36.8 Å². The van der Waals surface area contributed by atoms with E-state index < -0.39 is 10.0 Å². The smallest absolute Gasteiger partial charge is 0.232 e. The van der Waals surface area contributed by atoms with Crippen LogP contribution in [0.2, 0.25) is 0 Å². The minimum Gasteiger partial charge on any atom is -0.232 e. The molecule has 0 amide bonds. The number of para-hydroxylation sites is 2. The molecular formula is C20H14Br2N2O2S. The van der Waals surface area contributed by atoms with Crippen molar-refractivity contribution in [1.82, 2.24) is 8.96 Å². The third-order valence-corrected chi connectivity index (χ3v) is 7.43. The highest BCUT2D eigenvalue weighted by Crippen LogP contribution is 2.31. The zero-order valence-corrected chi connectivity index (χ0v) is 18.0. The second kappa shape index (κ2) is 7.22. The standard InChI is InChI=1S/C20H14Br2N2O2S/c21-15-10-11-16(22)19(13-15)27(25,26)24-18-9-5-4-8-17(18)23-20(24)12-14-6-2-1-3-7-14/h1-11,13H,12H2. The molecule has 0 atom stereocenters. The maximum atomic E-state index is 13.6. The van der Waals surface area contributed by atoms with Gasteiger partial charge in [0.15, 0.2) is 0 Å². The van der Waals surface area contributed by atoms with E-state index in [9.17, 15) is 8.42 Å². The number of hydrogen-bond donors (Lipinski definition) is 0. The number of halogens is 2. The Bertz CT molecular complexity index is 1240. The fourth-order valence-corrected chi connectivity index (χ4v) is 5.94. The summed E-state index contributed by atoms with van der Waals surface area (Å²) in [6, 6.07) is 22.1. The topological polar surface area (TPSA) is 52.0 Å². The summed E-state index contributed by atoms with van der Waals surface area (Å²) in [6.07, 6.45) is 0.417. The van der Waals surface area contributed by atoms with E-state index in [-0.39, 0.29) is 4.90 Å². The van der Waals surface area contributed by atoms with Crippen LogP contribution in [0.1, 0.15) is 11.4 Å². The lowest BCUT2D eigenvalue weighted by Gasteiger charge is -2.12. The lowest BCUT2D eigenvalue weighted by Crippen LogP contribution is -2.17. The van der Waals surface area contributed by atoms with Crippen molar-refractivity contribution in [2.24, 2.45) is 0 Å². The van der Waals surface area contributed by atoms with Crippen LogP contribution in [0.25, 0.3) is 11.0 Å². The van der Waals surface area contributed by atoms with Crippen molar-refractivity contribution in [3.8, 4) is 0 Å².